The van der Waals surface area contributed by atoms with Crippen LogP contribution in [0.3, 0.4) is 0 Å². The van der Waals surface area contributed by atoms with Crippen LogP contribution in [0.15, 0.2) is 10.6 Å². The van der Waals surface area contributed by atoms with Crippen molar-refractivity contribution in [2.24, 2.45) is 11.3 Å². The van der Waals surface area contributed by atoms with Crippen LogP contribution < -0.4 is 0 Å². The Labute approximate surface area is 71.4 Å². The predicted octanol–water partition coefficient (Wildman–Crippen LogP) is 2.50. The molecule has 0 amide bonds. The predicted molar refractivity (Wildman–Crippen MR) is 44.4 cm³/mol. The molecular weight excluding hydrogens is 160 g/mol. The Hall–Kier alpha value is -0.300. The van der Waals surface area contributed by atoms with E-state index in [-0.39, 0.29) is 0 Å². The minimum Gasteiger partial charge on any atom is -0.298 e. The molecule has 2 heteroatoms. The molecule has 0 aromatic heterocycles. The van der Waals surface area contributed by atoms with E-state index in [2.05, 4.69) is 6.92 Å². The molecule has 0 aromatic rings. The first-order valence-electron chi connectivity index (χ1n) is 3.98. The summed E-state index contributed by atoms with van der Waals surface area (Å²) in [5, 5.41) is 0.802. The number of carbonyl (C=O) groups is 1. The van der Waals surface area contributed by atoms with Crippen molar-refractivity contribution in [1.29, 1.82) is 0 Å². The molecular formula is C9H11ClO. The SMILES string of the molecule is C[C@@]12CC(Cl)=C(C=O)C[C@@H]1C2. The number of allylic oxidation sites excluding steroid dienone is 2. The van der Waals surface area contributed by atoms with Gasteiger partial charge < -0.3 is 0 Å². The van der Waals surface area contributed by atoms with Gasteiger partial charge in [-0.1, -0.05) is 18.5 Å². The Morgan fingerprint density at radius 2 is 2.45 bits per heavy atom. The van der Waals surface area contributed by atoms with Gasteiger partial charge in [-0.3, -0.25) is 4.79 Å². The van der Waals surface area contributed by atoms with Gasteiger partial charge in [0.25, 0.3) is 0 Å². The molecule has 1 saturated carbocycles. The summed E-state index contributed by atoms with van der Waals surface area (Å²) in [6.07, 6.45) is 4.01. The lowest BCUT2D eigenvalue weighted by Crippen LogP contribution is -2.07. The van der Waals surface area contributed by atoms with Gasteiger partial charge in [-0.2, -0.15) is 0 Å². The van der Waals surface area contributed by atoms with Crippen LogP contribution in [-0.2, 0) is 4.79 Å². The summed E-state index contributed by atoms with van der Waals surface area (Å²) in [7, 11) is 0. The number of hydrogen-bond acceptors (Lipinski definition) is 1. The Morgan fingerprint density at radius 1 is 1.73 bits per heavy atom. The van der Waals surface area contributed by atoms with E-state index in [9.17, 15) is 4.79 Å². The van der Waals surface area contributed by atoms with E-state index in [0.29, 0.717) is 5.41 Å². The lowest BCUT2D eigenvalue weighted by atomic mass is 9.91. The summed E-state index contributed by atoms with van der Waals surface area (Å²) < 4.78 is 0. The van der Waals surface area contributed by atoms with Crippen molar-refractivity contribution >= 4 is 17.9 Å². The second-order valence-electron chi connectivity index (χ2n) is 3.98. The van der Waals surface area contributed by atoms with E-state index < -0.39 is 0 Å². The van der Waals surface area contributed by atoms with Crippen molar-refractivity contribution in [2.75, 3.05) is 0 Å². The van der Waals surface area contributed by atoms with Gasteiger partial charge in [0.1, 0.15) is 6.29 Å². The summed E-state index contributed by atoms with van der Waals surface area (Å²) >= 11 is 5.94. The van der Waals surface area contributed by atoms with Crippen LogP contribution >= 0.6 is 11.6 Å². The van der Waals surface area contributed by atoms with E-state index in [4.69, 9.17) is 11.6 Å². The van der Waals surface area contributed by atoms with E-state index in [1.54, 1.807) is 0 Å². The molecule has 11 heavy (non-hydrogen) atoms. The largest absolute Gasteiger partial charge is 0.298 e. The molecule has 2 atom stereocenters. The average Bonchev–Trinajstić information content (AvgIpc) is 2.57. The van der Waals surface area contributed by atoms with Gasteiger partial charge in [-0.15, -0.1) is 0 Å². The highest BCUT2D eigenvalue weighted by Crippen LogP contribution is 2.62. The number of carbonyl (C=O) groups excluding carboxylic acids is 1. The first-order chi connectivity index (χ1) is 5.15. The number of rotatable bonds is 1. The van der Waals surface area contributed by atoms with Crippen molar-refractivity contribution in [1.82, 2.24) is 0 Å². The molecule has 1 fully saturated rings. The third kappa shape index (κ3) is 1.02. The highest BCUT2D eigenvalue weighted by Gasteiger charge is 2.52. The van der Waals surface area contributed by atoms with Crippen LogP contribution in [0, 0.1) is 11.3 Å². The summed E-state index contributed by atoms with van der Waals surface area (Å²) in [6, 6.07) is 0. The fraction of sp³-hybridized carbons (Fsp3) is 0.667. The molecule has 0 N–H and O–H groups in total. The van der Waals surface area contributed by atoms with Crippen LogP contribution in [0.5, 0.6) is 0 Å². The number of aldehydes is 1. The second-order valence-corrected chi connectivity index (χ2v) is 4.44. The molecule has 0 bridgehead atoms. The van der Waals surface area contributed by atoms with Gasteiger partial charge in [0, 0.05) is 10.6 Å². The Balaban J connectivity index is 2.24. The molecule has 0 unspecified atom stereocenters. The number of halogens is 1. The molecule has 0 aliphatic heterocycles. The van der Waals surface area contributed by atoms with Gasteiger partial charge >= 0.3 is 0 Å². The van der Waals surface area contributed by atoms with Gasteiger partial charge in [0.2, 0.25) is 0 Å². The quantitative estimate of drug-likeness (QED) is 0.553. The molecule has 2 aliphatic carbocycles. The molecule has 0 heterocycles. The molecule has 0 saturated heterocycles. The monoisotopic (exact) mass is 170 g/mol. The summed E-state index contributed by atoms with van der Waals surface area (Å²) in [6.45, 7) is 2.25. The van der Waals surface area contributed by atoms with Crippen molar-refractivity contribution < 1.29 is 4.79 Å². The van der Waals surface area contributed by atoms with Gasteiger partial charge in [-0.25, -0.2) is 0 Å². The third-order valence-electron chi connectivity index (χ3n) is 3.05. The lowest BCUT2D eigenvalue weighted by Gasteiger charge is -2.17. The maximum Gasteiger partial charge on any atom is 0.147 e. The topological polar surface area (TPSA) is 17.1 Å². The van der Waals surface area contributed by atoms with E-state index >= 15 is 0 Å². The minimum absolute atomic E-state index is 0.448. The maximum absolute atomic E-state index is 10.5. The molecule has 2 rings (SSSR count). The van der Waals surface area contributed by atoms with Crippen LogP contribution in [-0.4, -0.2) is 6.29 Å². The smallest absolute Gasteiger partial charge is 0.147 e. The summed E-state index contributed by atoms with van der Waals surface area (Å²) in [4.78, 5) is 10.5. The first kappa shape index (κ1) is 7.35. The lowest BCUT2D eigenvalue weighted by molar-refractivity contribution is -0.105. The van der Waals surface area contributed by atoms with E-state index in [1.807, 2.05) is 0 Å². The molecule has 0 radical (unpaired) electrons. The average molecular weight is 171 g/mol. The van der Waals surface area contributed by atoms with Crippen LogP contribution in [0.2, 0.25) is 0 Å². The van der Waals surface area contributed by atoms with Gasteiger partial charge in [0.05, 0.1) is 0 Å². The second kappa shape index (κ2) is 2.10. The number of fused-ring (bicyclic) bond motifs is 1. The van der Waals surface area contributed by atoms with Crippen molar-refractivity contribution in [3.05, 3.63) is 10.6 Å². The standard InChI is InChI=1S/C9H11ClO/c1-9-3-7(9)2-6(5-11)8(10)4-9/h5,7H,2-4H2,1H3/t7-,9-/m1/s1. The highest BCUT2D eigenvalue weighted by atomic mass is 35.5. The molecule has 60 valence electrons. The Kier molecular flexibility index (Phi) is 1.40. The zero-order valence-electron chi connectivity index (χ0n) is 6.56. The molecule has 0 spiro atoms. The van der Waals surface area contributed by atoms with E-state index in [1.165, 1.54) is 6.42 Å². The Morgan fingerprint density at radius 3 is 3.09 bits per heavy atom. The van der Waals surface area contributed by atoms with E-state index in [0.717, 1.165) is 35.7 Å². The molecule has 1 nitrogen and oxygen atoms in total. The van der Waals surface area contributed by atoms with Crippen molar-refractivity contribution in [2.45, 2.75) is 26.2 Å². The zero-order chi connectivity index (χ0) is 8.06. The molecule has 0 aromatic carbocycles. The van der Waals surface area contributed by atoms with Crippen LogP contribution in [0.4, 0.5) is 0 Å². The van der Waals surface area contributed by atoms with Gasteiger partial charge in [-0.05, 0) is 30.6 Å². The fourth-order valence-electron chi connectivity index (χ4n) is 2.00. The fourth-order valence-corrected chi connectivity index (χ4v) is 2.42. The first-order valence-corrected chi connectivity index (χ1v) is 4.36. The zero-order valence-corrected chi connectivity index (χ0v) is 7.32. The Bertz CT molecular complexity index is 244. The number of hydrogen-bond donors (Lipinski definition) is 0. The minimum atomic E-state index is 0.448. The highest BCUT2D eigenvalue weighted by molar-refractivity contribution is 6.31. The van der Waals surface area contributed by atoms with Crippen LogP contribution in [0.25, 0.3) is 0 Å². The van der Waals surface area contributed by atoms with Crippen molar-refractivity contribution in [3.63, 3.8) is 0 Å². The van der Waals surface area contributed by atoms with Gasteiger partial charge in [0.15, 0.2) is 0 Å². The third-order valence-corrected chi connectivity index (χ3v) is 3.43. The molecule has 2 aliphatic rings. The summed E-state index contributed by atoms with van der Waals surface area (Å²) in [5.74, 6) is 0.741. The summed E-state index contributed by atoms with van der Waals surface area (Å²) in [5.41, 5.74) is 1.29. The van der Waals surface area contributed by atoms with Crippen LogP contribution in [0.1, 0.15) is 26.2 Å². The normalized spacial score (nSPS) is 41.8. The van der Waals surface area contributed by atoms with Crippen molar-refractivity contribution in [3.8, 4) is 0 Å². The maximum atomic E-state index is 10.5.